The molecule has 0 spiro atoms. The molecule has 2 aromatic carbocycles. The second-order valence-electron chi connectivity index (χ2n) is 5.35. The molecule has 0 aliphatic rings. The zero-order valence-corrected chi connectivity index (χ0v) is 16.0. The van der Waals surface area contributed by atoms with E-state index in [0.717, 1.165) is 16.8 Å². The van der Waals surface area contributed by atoms with Gasteiger partial charge in [0.1, 0.15) is 5.75 Å². The Morgan fingerprint density at radius 1 is 1.29 bits per heavy atom. The van der Waals surface area contributed by atoms with Crippen LogP contribution in [0.15, 0.2) is 33.7 Å². The van der Waals surface area contributed by atoms with Crippen LogP contribution >= 0.6 is 27.5 Å². The van der Waals surface area contributed by atoms with Gasteiger partial charge in [0.2, 0.25) is 5.91 Å². The molecular formula is C18H18BrClN2O2. The van der Waals surface area contributed by atoms with Crippen molar-refractivity contribution in [3.05, 3.63) is 50.5 Å². The molecule has 2 aromatic rings. The Morgan fingerprint density at radius 2 is 1.92 bits per heavy atom. The number of carbonyl (C=O) groups is 1. The quantitative estimate of drug-likeness (QED) is 0.653. The molecular weight excluding hydrogens is 392 g/mol. The number of amides is 1. The van der Waals surface area contributed by atoms with Crippen molar-refractivity contribution in [2.24, 2.45) is 4.99 Å². The summed E-state index contributed by atoms with van der Waals surface area (Å²) in [7, 11) is 0. The lowest BCUT2D eigenvalue weighted by Gasteiger charge is -2.12. The van der Waals surface area contributed by atoms with E-state index < -0.39 is 0 Å². The van der Waals surface area contributed by atoms with E-state index in [2.05, 4.69) is 26.2 Å². The van der Waals surface area contributed by atoms with Crippen molar-refractivity contribution in [2.45, 2.75) is 27.2 Å². The highest BCUT2D eigenvalue weighted by Gasteiger charge is 2.15. The van der Waals surface area contributed by atoms with Gasteiger partial charge in [0.15, 0.2) is 0 Å². The molecule has 24 heavy (non-hydrogen) atoms. The first-order valence-corrected chi connectivity index (χ1v) is 8.63. The van der Waals surface area contributed by atoms with Gasteiger partial charge in [-0.2, -0.15) is 0 Å². The first kappa shape index (κ1) is 18.5. The predicted octanol–water partition coefficient (Wildman–Crippen LogP) is 5.52. The second-order valence-corrected chi connectivity index (χ2v) is 6.52. The fourth-order valence-electron chi connectivity index (χ4n) is 2.15. The highest BCUT2D eigenvalue weighted by Crippen LogP contribution is 2.38. The van der Waals surface area contributed by atoms with Gasteiger partial charge in [-0.25, -0.2) is 0 Å². The summed E-state index contributed by atoms with van der Waals surface area (Å²) in [5.74, 6) is 0.0796. The number of nitrogens with one attached hydrogen (secondary N) is 1. The number of rotatable bonds is 4. The number of nitrogens with zero attached hydrogens (tertiary/aromatic N) is 1. The van der Waals surface area contributed by atoms with Gasteiger partial charge < -0.3 is 10.4 Å². The Balaban J connectivity index is 2.27. The Labute approximate surface area is 154 Å². The first-order chi connectivity index (χ1) is 11.3. The fourth-order valence-corrected chi connectivity index (χ4v) is 2.87. The smallest absolute Gasteiger partial charge is 0.224 e. The van der Waals surface area contributed by atoms with Crippen LogP contribution < -0.4 is 5.32 Å². The summed E-state index contributed by atoms with van der Waals surface area (Å²) in [6, 6.07) is 7.15. The van der Waals surface area contributed by atoms with Gasteiger partial charge >= 0.3 is 0 Å². The molecule has 1 amide bonds. The number of benzene rings is 2. The highest BCUT2D eigenvalue weighted by molar-refractivity contribution is 9.10. The number of anilines is 1. The predicted molar refractivity (Wildman–Crippen MR) is 103 cm³/mol. The maximum atomic E-state index is 11.4. The summed E-state index contributed by atoms with van der Waals surface area (Å²) in [5, 5.41) is 13.7. The highest BCUT2D eigenvalue weighted by atomic mass is 79.9. The molecule has 2 rings (SSSR count). The van der Waals surface area contributed by atoms with Crippen molar-refractivity contribution in [3.63, 3.8) is 0 Å². The van der Waals surface area contributed by atoms with Crippen molar-refractivity contribution in [1.82, 2.24) is 0 Å². The summed E-state index contributed by atoms with van der Waals surface area (Å²) in [6.45, 7) is 5.48. The van der Waals surface area contributed by atoms with Crippen molar-refractivity contribution < 1.29 is 9.90 Å². The van der Waals surface area contributed by atoms with Gasteiger partial charge in [0.25, 0.3) is 0 Å². The zero-order valence-electron chi connectivity index (χ0n) is 13.7. The van der Waals surface area contributed by atoms with Gasteiger partial charge in [-0.3, -0.25) is 9.79 Å². The fraction of sp³-hybridized carbons (Fsp3) is 0.222. The van der Waals surface area contributed by atoms with Crippen LogP contribution in [0.1, 0.15) is 30.0 Å². The second kappa shape index (κ2) is 7.81. The third-order valence-electron chi connectivity index (χ3n) is 3.67. The summed E-state index contributed by atoms with van der Waals surface area (Å²) >= 11 is 9.63. The average molecular weight is 410 g/mol. The van der Waals surface area contributed by atoms with E-state index in [9.17, 15) is 9.90 Å². The van der Waals surface area contributed by atoms with Crippen LogP contribution in [0.3, 0.4) is 0 Å². The molecule has 2 N–H and O–H groups in total. The van der Waals surface area contributed by atoms with E-state index in [1.54, 1.807) is 37.4 Å². The van der Waals surface area contributed by atoms with Crippen molar-refractivity contribution in [3.8, 4) is 5.75 Å². The zero-order chi connectivity index (χ0) is 17.9. The van der Waals surface area contributed by atoms with Crippen LogP contribution in [0.5, 0.6) is 5.75 Å². The van der Waals surface area contributed by atoms with Gasteiger partial charge in [-0.15, -0.1) is 0 Å². The SMILES string of the molecule is CCC(=O)Nc1ccc(N=Cc2c(C)c(Cl)c(C)c(Br)c2O)cc1. The molecule has 0 saturated carbocycles. The molecule has 0 saturated heterocycles. The number of carbonyl (C=O) groups excluding carboxylic acids is 1. The van der Waals surface area contributed by atoms with Crippen LogP contribution in [0.25, 0.3) is 0 Å². The summed E-state index contributed by atoms with van der Waals surface area (Å²) in [6.07, 6.45) is 2.02. The largest absolute Gasteiger partial charge is 0.506 e. The van der Waals surface area contributed by atoms with Gasteiger partial charge in [-0.05, 0) is 65.2 Å². The van der Waals surface area contributed by atoms with E-state index in [4.69, 9.17) is 11.6 Å². The molecule has 0 bridgehead atoms. The van der Waals surface area contributed by atoms with E-state index in [0.29, 0.717) is 27.2 Å². The number of phenols is 1. The lowest BCUT2D eigenvalue weighted by atomic mass is 10.0. The first-order valence-electron chi connectivity index (χ1n) is 7.46. The third-order valence-corrected chi connectivity index (χ3v) is 5.21. The molecule has 6 heteroatoms. The number of hydrogen-bond acceptors (Lipinski definition) is 3. The minimum absolute atomic E-state index is 0.0362. The van der Waals surface area contributed by atoms with E-state index in [1.807, 2.05) is 13.8 Å². The molecule has 0 atom stereocenters. The molecule has 0 heterocycles. The maximum absolute atomic E-state index is 11.4. The molecule has 0 aromatic heterocycles. The molecule has 0 fully saturated rings. The van der Waals surface area contributed by atoms with Crippen LogP contribution in [-0.4, -0.2) is 17.2 Å². The molecule has 0 radical (unpaired) electrons. The number of aliphatic imine (C=N–C) groups is 1. The van der Waals surface area contributed by atoms with Crippen molar-refractivity contribution in [2.75, 3.05) is 5.32 Å². The summed E-state index contributed by atoms with van der Waals surface area (Å²) in [4.78, 5) is 15.7. The standard InChI is InChI=1S/C18H18BrClN2O2/c1-4-15(23)22-13-7-5-12(6-8-13)21-9-14-10(2)17(20)11(3)16(19)18(14)24/h5-9,24H,4H2,1-3H3,(H,22,23). The average Bonchev–Trinajstić information content (AvgIpc) is 2.59. The monoisotopic (exact) mass is 408 g/mol. The van der Waals surface area contributed by atoms with Crippen LogP contribution in [0, 0.1) is 13.8 Å². The van der Waals surface area contributed by atoms with Crippen LogP contribution in [-0.2, 0) is 4.79 Å². The number of phenolic OH excluding ortho intramolecular Hbond substituents is 1. The lowest BCUT2D eigenvalue weighted by Crippen LogP contribution is -2.08. The minimum atomic E-state index is -0.0362. The van der Waals surface area contributed by atoms with Gasteiger partial charge in [0.05, 0.1) is 10.2 Å². The van der Waals surface area contributed by atoms with Gasteiger partial charge in [0, 0.05) is 28.9 Å². The Hall–Kier alpha value is -1.85. The van der Waals surface area contributed by atoms with E-state index >= 15 is 0 Å². The Morgan fingerprint density at radius 3 is 2.50 bits per heavy atom. The van der Waals surface area contributed by atoms with Crippen LogP contribution in [0.2, 0.25) is 5.02 Å². The van der Waals surface area contributed by atoms with Crippen molar-refractivity contribution >= 4 is 51.0 Å². The minimum Gasteiger partial charge on any atom is -0.506 e. The summed E-state index contributed by atoms with van der Waals surface area (Å²) < 4.78 is 0.567. The Bertz CT molecular complexity index is 773. The number of hydrogen-bond donors (Lipinski definition) is 2. The van der Waals surface area contributed by atoms with Crippen molar-refractivity contribution in [1.29, 1.82) is 0 Å². The summed E-state index contributed by atoms with van der Waals surface area (Å²) in [5.41, 5.74) is 3.56. The molecule has 0 unspecified atom stereocenters. The van der Waals surface area contributed by atoms with E-state index in [-0.39, 0.29) is 11.7 Å². The molecule has 0 aliphatic carbocycles. The number of aromatic hydroxyl groups is 1. The van der Waals surface area contributed by atoms with Crippen LogP contribution in [0.4, 0.5) is 11.4 Å². The molecule has 0 aliphatic heterocycles. The number of halogens is 2. The van der Waals surface area contributed by atoms with E-state index in [1.165, 1.54) is 0 Å². The normalized spacial score (nSPS) is 11.0. The Kier molecular flexibility index (Phi) is 6.02. The topological polar surface area (TPSA) is 61.7 Å². The van der Waals surface area contributed by atoms with Gasteiger partial charge in [-0.1, -0.05) is 18.5 Å². The third kappa shape index (κ3) is 3.97. The maximum Gasteiger partial charge on any atom is 0.224 e. The lowest BCUT2D eigenvalue weighted by molar-refractivity contribution is -0.115. The molecule has 4 nitrogen and oxygen atoms in total. The molecule has 126 valence electrons.